The lowest BCUT2D eigenvalue weighted by molar-refractivity contribution is 0.0462. The quantitative estimate of drug-likeness (QED) is 0.556. The minimum Gasteiger partial charge on any atom is -0.454 e. The van der Waals surface area contributed by atoms with Crippen LogP contribution < -0.4 is 11.5 Å². The monoisotopic (exact) mass is 440 g/mol. The van der Waals surface area contributed by atoms with Crippen LogP contribution in [-0.4, -0.2) is 40.2 Å². The van der Waals surface area contributed by atoms with E-state index < -0.39 is 16.0 Å². The molecule has 31 heavy (non-hydrogen) atoms. The lowest BCUT2D eigenvalue weighted by Crippen LogP contribution is -2.36. The Kier molecular flexibility index (Phi) is 5.53. The van der Waals surface area contributed by atoms with Gasteiger partial charge in [-0.15, -0.1) is 0 Å². The number of rotatable bonds is 5. The van der Waals surface area contributed by atoms with Gasteiger partial charge >= 0.3 is 5.97 Å². The Morgan fingerprint density at radius 3 is 2.45 bits per heavy atom. The van der Waals surface area contributed by atoms with Crippen LogP contribution in [0.3, 0.4) is 0 Å². The Labute approximate surface area is 178 Å². The lowest BCUT2D eigenvalue weighted by Gasteiger charge is -2.28. The first kappa shape index (κ1) is 20.7. The van der Waals surface area contributed by atoms with Gasteiger partial charge in [-0.25, -0.2) is 13.2 Å². The van der Waals surface area contributed by atoms with Crippen molar-refractivity contribution in [2.75, 3.05) is 18.0 Å². The molecular weight excluding hydrogens is 420 g/mol. The van der Waals surface area contributed by atoms with E-state index in [1.54, 1.807) is 0 Å². The molecule has 1 aliphatic heterocycles. The summed E-state index contributed by atoms with van der Waals surface area (Å²) in [7, 11) is -3.78. The molecule has 0 saturated heterocycles. The summed E-state index contributed by atoms with van der Waals surface area (Å²) in [5.74, 6) is -0.808. The van der Waals surface area contributed by atoms with Gasteiger partial charge in [0.05, 0.1) is 10.5 Å². The first-order valence-electron chi connectivity index (χ1n) is 9.43. The number of nitrogens with zero attached hydrogens (tertiary/aromatic N) is 4. The highest BCUT2D eigenvalue weighted by Crippen LogP contribution is 2.25. The zero-order valence-electron chi connectivity index (χ0n) is 16.4. The van der Waals surface area contributed by atoms with Crippen LogP contribution in [0.2, 0.25) is 0 Å². The van der Waals surface area contributed by atoms with Crippen molar-refractivity contribution in [2.45, 2.75) is 24.5 Å². The van der Waals surface area contributed by atoms with Crippen LogP contribution >= 0.6 is 0 Å². The van der Waals surface area contributed by atoms with Gasteiger partial charge in [-0.1, -0.05) is 30.3 Å². The van der Waals surface area contributed by atoms with Crippen molar-refractivity contribution < 1.29 is 17.9 Å². The van der Waals surface area contributed by atoms with Crippen LogP contribution in [0.25, 0.3) is 0 Å². The first-order valence-corrected chi connectivity index (χ1v) is 10.9. The number of esters is 1. The number of aromatic nitrogens is 3. The molecule has 1 aliphatic rings. The van der Waals surface area contributed by atoms with E-state index in [4.69, 9.17) is 16.2 Å². The smallest absolute Gasteiger partial charge is 0.338 e. The lowest BCUT2D eigenvalue weighted by atomic mass is 10.0. The third kappa shape index (κ3) is 4.47. The SMILES string of the molecule is Nc1nc(N)nc(COC(=O)c2cccc(S(=O)(=O)N3CCc4ccccc4C3)c2)n1. The van der Waals surface area contributed by atoms with E-state index in [-0.39, 0.29) is 41.3 Å². The Balaban J connectivity index is 1.50. The van der Waals surface area contributed by atoms with Gasteiger partial charge in [-0.05, 0) is 35.7 Å². The molecule has 0 atom stereocenters. The number of nitrogens with two attached hydrogens (primary N) is 2. The molecule has 3 aromatic rings. The summed E-state index contributed by atoms with van der Waals surface area (Å²) >= 11 is 0. The highest BCUT2D eigenvalue weighted by atomic mass is 32.2. The summed E-state index contributed by atoms with van der Waals surface area (Å²) in [6.07, 6.45) is 0.634. The van der Waals surface area contributed by atoms with Crippen molar-refractivity contribution in [3.8, 4) is 0 Å². The molecule has 0 spiro atoms. The van der Waals surface area contributed by atoms with Crippen LogP contribution in [0.15, 0.2) is 53.4 Å². The molecule has 0 unspecified atom stereocenters. The third-order valence-corrected chi connectivity index (χ3v) is 6.69. The summed E-state index contributed by atoms with van der Waals surface area (Å²) < 4.78 is 32.9. The molecule has 0 radical (unpaired) electrons. The number of sulfonamides is 1. The molecule has 4 N–H and O–H groups in total. The standard InChI is InChI=1S/C20H20N6O4S/c21-19-23-17(24-20(22)25-19)12-30-18(27)14-6-3-7-16(10-14)31(28,29)26-9-8-13-4-1-2-5-15(13)11-26/h1-7,10H,8-9,11-12H2,(H4,21,22,23,24,25). The summed E-state index contributed by atoms with van der Waals surface area (Å²) in [5, 5.41) is 0. The van der Waals surface area contributed by atoms with Gasteiger partial charge in [0, 0.05) is 13.1 Å². The molecule has 0 amide bonds. The Bertz CT molecular complexity index is 1230. The molecule has 160 valence electrons. The molecule has 4 rings (SSSR count). The second-order valence-corrected chi connectivity index (χ2v) is 8.87. The number of carbonyl (C=O) groups excluding carboxylic acids is 1. The zero-order valence-corrected chi connectivity index (χ0v) is 17.2. The van der Waals surface area contributed by atoms with E-state index >= 15 is 0 Å². The van der Waals surface area contributed by atoms with Gasteiger partial charge in [0.2, 0.25) is 21.9 Å². The largest absolute Gasteiger partial charge is 0.454 e. The van der Waals surface area contributed by atoms with Gasteiger partial charge in [0.1, 0.15) is 0 Å². The summed E-state index contributed by atoms with van der Waals surface area (Å²) in [5.41, 5.74) is 13.2. The fraction of sp³-hybridized carbons (Fsp3) is 0.200. The van der Waals surface area contributed by atoms with Crippen LogP contribution in [0.4, 0.5) is 11.9 Å². The number of benzene rings is 2. The Morgan fingerprint density at radius 2 is 1.71 bits per heavy atom. The van der Waals surface area contributed by atoms with E-state index in [1.165, 1.54) is 28.6 Å². The molecule has 0 saturated carbocycles. The van der Waals surface area contributed by atoms with Crippen LogP contribution in [0, 0.1) is 0 Å². The molecule has 0 bridgehead atoms. The minimum atomic E-state index is -3.78. The van der Waals surface area contributed by atoms with E-state index in [9.17, 15) is 13.2 Å². The molecule has 1 aromatic heterocycles. The maximum Gasteiger partial charge on any atom is 0.338 e. The second-order valence-electron chi connectivity index (χ2n) is 6.93. The van der Waals surface area contributed by atoms with Crippen molar-refractivity contribution in [1.82, 2.24) is 19.3 Å². The number of nitrogen functional groups attached to an aromatic ring is 2. The maximum absolute atomic E-state index is 13.1. The van der Waals surface area contributed by atoms with Crippen molar-refractivity contribution in [2.24, 2.45) is 0 Å². The molecule has 0 fully saturated rings. The number of hydrogen-bond donors (Lipinski definition) is 2. The molecule has 0 aliphatic carbocycles. The van der Waals surface area contributed by atoms with Crippen LogP contribution in [0.5, 0.6) is 0 Å². The minimum absolute atomic E-state index is 0.0231. The third-order valence-electron chi connectivity index (χ3n) is 4.85. The predicted molar refractivity (Wildman–Crippen MR) is 112 cm³/mol. The van der Waals surface area contributed by atoms with Crippen LogP contribution in [-0.2, 0) is 34.3 Å². The zero-order chi connectivity index (χ0) is 22.0. The fourth-order valence-electron chi connectivity index (χ4n) is 3.34. The van der Waals surface area contributed by atoms with Gasteiger partial charge in [0.15, 0.2) is 12.4 Å². The first-order chi connectivity index (χ1) is 14.8. The topological polar surface area (TPSA) is 154 Å². The normalized spacial score (nSPS) is 14.1. The molecule has 2 aromatic carbocycles. The highest BCUT2D eigenvalue weighted by molar-refractivity contribution is 7.89. The maximum atomic E-state index is 13.1. The average molecular weight is 440 g/mol. The van der Waals surface area contributed by atoms with Gasteiger partial charge < -0.3 is 16.2 Å². The van der Waals surface area contributed by atoms with Crippen molar-refractivity contribution >= 4 is 27.9 Å². The molecule has 2 heterocycles. The Morgan fingerprint density at radius 1 is 1.00 bits per heavy atom. The van der Waals surface area contributed by atoms with Crippen molar-refractivity contribution in [3.63, 3.8) is 0 Å². The second kappa shape index (κ2) is 8.28. The number of ether oxygens (including phenoxy) is 1. The number of anilines is 2. The predicted octanol–water partition coefficient (Wildman–Crippen LogP) is 1.14. The van der Waals surface area contributed by atoms with Gasteiger partial charge in [-0.2, -0.15) is 19.3 Å². The van der Waals surface area contributed by atoms with Crippen LogP contribution in [0.1, 0.15) is 27.3 Å². The molecule has 11 heteroatoms. The molecular formula is C20H20N6O4S. The van der Waals surface area contributed by atoms with Crippen molar-refractivity contribution in [3.05, 3.63) is 71.0 Å². The van der Waals surface area contributed by atoms with Gasteiger partial charge in [0.25, 0.3) is 0 Å². The van der Waals surface area contributed by atoms with Gasteiger partial charge in [-0.3, -0.25) is 0 Å². The van der Waals surface area contributed by atoms with Crippen molar-refractivity contribution in [1.29, 1.82) is 0 Å². The summed E-state index contributed by atoms with van der Waals surface area (Å²) in [4.78, 5) is 23.8. The number of carbonyl (C=O) groups is 1. The number of hydrogen-bond acceptors (Lipinski definition) is 9. The van der Waals surface area contributed by atoms with E-state index in [1.807, 2.05) is 24.3 Å². The number of fused-ring (bicyclic) bond motifs is 1. The van der Waals surface area contributed by atoms with E-state index in [2.05, 4.69) is 15.0 Å². The Hall–Kier alpha value is -3.57. The summed E-state index contributed by atoms with van der Waals surface area (Å²) in [6.45, 7) is 0.376. The molecule has 10 nitrogen and oxygen atoms in total. The average Bonchev–Trinajstić information content (AvgIpc) is 2.76. The fourth-order valence-corrected chi connectivity index (χ4v) is 4.81. The van der Waals surface area contributed by atoms with E-state index in [0.717, 1.165) is 11.1 Å². The summed E-state index contributed by atoms with van der Waals surface area (Å²) in [6, 6.07) is 13.5. The highest BCUT2D eigenvalue weighted by Gasteiger charge is 2.28. The van der Waals surface area contributed by atoms with E-state index in [0.29, 0.717) is 13.0 Å².